The second-order valence-electron chi connectivity index (χ2n) is 5.98. The number of alkyl halides is 3. The van der Waals surface area contributed by atoms with Crippen molar-refractivity contribution in [3.05, 3.63) is 29.8 Å². The second-order valence-corrected chi connectivity index (χ2v) is 5.98. The fraction of sp³-hybridized carbons (Fsp3) is 0.533. The van der Waals surface area contributed by atoms with Crippen molar-refractivity contribution in [2.75, 3.05) is 5.32 Å². The molecule has 2 aliphatic rings. The molecule has 4 nitrogen and oxygen atoms in total. The van der Waals surface area contributed by atoms with Crippen molar-refractivity contribution in [3.63, 3.8) is 0 Å². The number of nitrogens with one attached hydrogen (secondary N) is 3. The van der Waals surface area contributed by atoms with Gasteiger partial charge in [-0.15, -0.1) is 0 Å². The molecule has 2 saturated heterocycles. The van der Waals surface area contributed by atoms with E-state index in [0.717, 1.165) is 37.8 Å². The number of rotatable bonds is 2. The van der Waals surface area contributed by atoms with Crippen molar-refractivity contribution in [3.8, 4) is 0 Å². The summed E-state index contributed by atoms with van der Waals surface area (Å²) in [4.78, 5) is 12.0. The number of fused-ring (bicyclic) bond motifs is 2. The molecule has 3 rings (SSSR count). The molecule has 2 atom stereocenters. The molecule has 0 aromatic heterocycles. The number of carbonyl (C=O) groups is 1. The van der Waals surface area contributed by atoms with E-state index < -0.39 is 17.8 Å². The van der Waals surface area contributed by atoms with E-state index in [9.17, 15) is 18.0 Å². The van der Waals surface area contributed by atoms with Gasteiger partial charge in [-0.2, -0.15) is 13.2 Å². The molecule has 0 aliphatic carbocycles. The number of hydrogen-bond donors (Lipinski definition) is 3. The number of piperidine rings is 1. The van der Waals surface area contributed by atoms with E-state index in [4.69, 9.17) is 0 Å². The number of carbonyl (C=O) groups excluding carboxylic acids is 1. The van der Waals surface area contributed by atoms with Crippen LogP contribution in [0.2, 0.25) is 0 Å². The molecule has 2 heterocycles. The molecule has 0 spiro atoms. The number of benzene rings is 1. The minimum absolute atomic E-state index is 0.0737. The Morgan fingerprint density at radius 2 is 1.86 bits per heavy atom. The maximum Gasteiger partial charge on any atom is 0.416 e. The van der Waals surface area contributed by atoms with E-state index in [-0.39, 0.29) is 11.7 Å². The van der Waals surface area contributed by atoms with Crippen molar-refractivity contribution < 1.29 is 18.0 Å². The first-order valence-corrected chi connectivity index (χ1v) is 7.41. The molecular weight excluding hydrogens is 295 g/mol. The Kier molecular flexibility index (Phi) is 3.99. The fourth-order valence-electron chi connectivity index (χ4n) is 3.30. The number of anilines is 1. The van der Waals surface area contributed by atoms with Gasteiger partial charge < -0.3 is 16.0 Å². The molecule has 0 saturated carbocycles. The van der Waals surface area contributed by atoms with Gasteiger partial charge in [-0.05, 0) is 43.9 Å². The van der Waals surface area contributed by atoms with E-state index in [1.165, 1.54) is 12.1 Å². The summed E-state index contributed by atoms with van der Waals surface area (Å²) in [6.45, 7) is 0. The minimum Gasteiger partial charge on any atom is -0.335 e. The molecule has 1 aromatic rings. The van der Waals surface area contributed by atoms with Gasteiger partial charge in [0, 0.05) is 23.8 Å². The predicted octanol–water partition coefficient (Wildman–Crippen LogP) is 3.11. The van der Waals surface area contributed by atoms with Crippen molar-refractivity contribution in [1.29, 1.82) is 0 Å². The van der Waals surface area contributed by atoms with Crippen LogP contribution in [0.5, 0.6) is 0 Å². The normalized spacial score (nSPS) is 27.5. The Hall–Kier alpha value is -1.76. The van der Waals surface area contributed by atoms with E-state index in [1.807, 2.05) is 0 Å². The lowest BCUT2D eigenvalue weighted by atomic mass is 10.0. The molecule has 2 unspecified atom stereocenters. The van der Waals surface area contributed by atoms with Crippen LogP contribution in [0, 0.1) is 0 Å². The summed E-state index contributed by atoms with van der Waals surface area (Å²) in [6, 6.07) is 5.15. The summed E-state index contributed by atoms with van der Waals surface area (Å²) in [7, 11) is 0. The number of amides is 2. The first-order chi connectivity index (χ1) is 10.4. The van der Waals surface area contributed by atoms with Gasteiger partial charge in [-0.1, -0.05) is 6.07 Å². The number of halogens is 3. The smallest absolute Gasteiger partial charge is 0.335 e. The Labute approximate surface area is 126 Å². The Morgan fingerprint density at radius 3 is 2.50 bits per heavy atom. The van der Waals surface area contributed by atoms with Crippen LogP contribution < -0.4 is 16.0 Å². The maximum absolute atomic E-state index is 12.6. The van der Waals surface area contributed by atoms with E-state index >= 15 is 0 Å². The first kappa shape index (κ1) is 15.1. The van der Waals surface area contributed by atoms with E-state index in [1.54, 1.807) is 0 Å². The van der Waals surface area contributed by atoms with Gasteiger partial charge in [0.05, 0.1) is 5.56 Å². The van der Waals surface area contributed by atoms with Crippen molar-refractivity contribution in [2.24, 2.45) is 0 Å². The van der Waals surface area contributed by atoms with Crippen LogP contribution in [0.4, 0.5) is 23.7 Å². The molecule has 3 N–H and O–H groups in total. The summed E-state index contributed by atoms with van der Waals surface area (Å²) < 4.78 is 37.9. The van der Waals surface area contributed by atoms with Gasteiger partial charge in [0.15, 0.2) is 0 Å². The molecule has 2 amide bonds. The summed E-state index contributed by atoms with van der Waals surface area (Å²) >= 11 is 0. The summed E-state index contributed by atoms with van der Waals surface area (Å²) in [6.07, 6.45) is -0.433. The van der Waals surface area contributed by atoms with Crippen molar-refractivity contribution >= 4 is 11.7 Å². The van der Waals surface area contributed by atoms with Gasteiger partial charge in [-0.3, -0.25) is 0 Å². The zero-order chi connectivity index (χ0) is 15.7. The molecule has 2 bridgehead atoms. The van der Waals surface area contributed by atoms with Crippen LogP contribution >= 0.6 is 0 Å². The number of hydrogen-bond acceptors (Lipinski definition) is 2. The molecule has 2 fully saturated rings. The topological polar surface area (TPSA) is 53.2 Å². The second kappa shape index (κ2) is 5.79. The zero-order valence-corrected chi connectivity index (χ0v) is 11.9. The lowest BCUT2D eigenvalue weighted by Crippen LogP contribution is -2.49. The minimum atomic E-state index is -4.41. The van der Waals surface area contributed by atoms with Gasteiger partial charge >= 0.3 is 12.2 Å². The van der Waals surface area contributed by atoms with Gasteiger partial charge in [0.2, 0.25) is 0 Å². The lowest BCUT2D eigenvalue weighted by Gasteiger charge is -2.29. The lowest BCUT2D eigenvalue weighted by molar-refractivity contribution is -0.137. The molecule has 0 radical (unpaired) electrons. The third-order valence-electron chi connectivity index (χ3n) is 4.26. The van der Waals surface area contributed by atoms with E-state index in [0.29, 0.717) is 12.1 Å². The standard InChI is InChI=1S/C15H18F3N3O/c16-15(17,18)9-2-1-3-10(6-9)20-14(22)21-13-7-11-4-5-12(8-13)19-11/h1-3,6,11-13,19H,4-5,7-8H2,(H2,20,21,22). The fourth-order valence-corrected chi connectivity index (χ4v) is 3.30. The quantitative estimate of drug-likeness (QED) is 0.786. The maximum atomic E-state index is 12.6. The zero-order valence-electron chi connectivity index (χ0n) is 11.9. The average Bonchev–Trinajstić information content (AvgIpc) is 2.77. The predicted molar refractivity (Wildman–Crippen MR) is 76.6 cm³/mol. The SMILES string of the molecule is O=C(Nc1cccc(C(F)(F)F)c1)NC1CC2CCC(C1)N2. The molecule has 7 heteroatoms. The highest BCUT2D eigenvalue weighted by Crippen LogP contribution is 2.31. The van der Waals surface area contributed by atoms with Gasteiger partial charge in [-0.25, -0.2) is 4.79 Å². The molecule has 1 aromatic carbocycles. The van der Waals surface area contributed by atoms with Crippen molar-refractivity contribution in [2.45, 2.75) is 50.0 Å². The number of urea groups is 1. The van der Waals surface area contributed by atoms with Crippen LogP contribution in [0.3, 0.4) is 0 Å². The third kappa shape index (κ3) is 3.52. The van der Waals surface area contributed by atoms with Crippen LogP contribution in [-0.4, -0.2) is 24.2 Å². The molecular formula is C15H18F3N3O. The highest BCUT2D eigenvalue weighted by molar-refractivity contribution is 5.89. The molecule has 2 aliphatic heterocycles. The average molecular weight is 313 g/mol. The Balaban J connectivity index is 1.58. The largest absolute Gasteiger partial charge is 0.416 e. The summed E-state index contributed by atoms with van der Waals surface area (Å²) in [5.74, 6) is 0. The van der Waals surface area contributed by atoms with Crippen LogP contribution in [0.1, 0.15) is 31.2 Å². The van der Waals surface area contributed by atoms with Crippen molar-refractivity contribution in [1.82, 2.24) is 10.6 Å². The first-order valence-electron chi connectivity index (χ1n) is 7.41. The summed E-state index contributed by atoms with van der Waals surface area (Å²) in [5.41, 5.74) is -0.630. The Morgan fingerprint density at radius 1 is 1.18 bits per heavy atom. The highest BCUT2D eigenvalue weighted by atomic mass is 19.4. The van der Waals surface area contributed by atoms with Gasteiger partial charge in [0.25, 0.3) is 0 Å². The van der Waals surface area contributed by atoms with Gasteiger partial charge in [0.1, 0.15) is 0 Å². The van der Waals surface area contributed by atoms with Crippen LogP contribution in [-0.2, 0) is 6.18 Å². The summed E-state index contributed by atoms with van der Waals surface area (Å²) in [5, 5.41) is 8.81. The van der Waals surface area contributed by atoms with Crippen LogP contribution in [0.25, 0.3) is 0 Å². The Bertz CT molecular complexity index is 549. The van der Waals surface area contributed by atoms with Crippen LogP contribution in [0.15, 0.2) is 24.3 Å². The monoisotopic (exact) mass is 313 g/mol. The molecule has 120 valence electrons. The molecule has 22 heavy (non-hydrogen) atoms. The highest BCUT2D eigenvalue weighted by Gasteiger charge is 2.34. The van der Waals surface area contributed by atoms with E-state index in [2.05, 4.69) is 16.0 Å². The third-order valence-corrected chi connectivity index (χ3v) is 4.26.